The molecule has 0 radical (unpaired) electrons. The maximum Gasteiger partial charge on any atom is 0.317 e. The zero-order chi connectivity index (χ0) is 16.5. The minimum Gasteiger partial charge on any atom is -0.393 e. The quantitative estimate of drug-likeness (QED) is 0.707. The first-order chi connectivity index (χ1) is 11.2. The molecule has 5 nitrogen and oxygen atoms in total. The summed E-state index contributed by atoms with van der Waals surface area (Å²) in [4.78, 5) is 13.8. The van der Waals surface area contributed by atoms with Crippen molar-refractivity contribution in [2.75, 3.05) is 26.7 Å². The first-order valence-corrected chi connectivity index (χ1v) is 9.45. The van der Waals surface area contributed by atoms with Crippen molar-refractivity contribution in [2.45, 2.75) is 76.4 Å². The van der Waals surface area contributed by atoms with Gasteiger partial charge in [-0.1, -0.05) is 32.1 Å². The molecule has 2 aliphatic rings. The molecule has 0 aromatic heterocycles. The van der Waals surface area contributed by atoms with Crippen molar-refractivity contribution in [1.82, 2.24) is 10.2 Å². The number of hydrogen-bond acceptors (Lipinski definition) is 3. The third-order valence-corrected chi connectivity index (χ3v) is 5.23. The van der Waals surface area contributed by atoms with Crippen LogP contribution < -0.4 is 5.32 Å². The van der Waals surface area contributed by atoms with Gasteiger partial charge in [0.25, 0.3) is 0 Å². The molecule has 0 bridgehead atoms. The fourth-order valence-corrected chi connectivity index (χ4v) is 3.72. The number of urea groups is 1. The average Bonchev–Trinajstić information content (AvgIpc) is 2.57. The van der Waals surface area contributed by atoms with Crippen LogP contribution in [0.15, 0.2) is 0 Å². The molecule has 2 fully saturated rings. The van der Waals surface area contributed by atoms with E-state index in [4.69, 9.17) is 4.74 Å². The van der Waals surface area contributed by atoms with Crippen molar-refractivity contribution in [3.63, 3.8) is 0 Å². The summed E-state index contributed by atoms with van der Waals surface area (Å²) >= 11 is 0. The second kappa shape index (κ2) is 10.1. The van der Waals surface area contributed by atoms with E-state index in [1.165, 1.54) is 32.1 Å². The molecule has 2 N–H and O–H groups in total. The van der Waals surface area contributed by atoms with Gasteiger partial charge in [-0.05, 0) is 32.1 Å². The Balaban J connectivity index is 1.53. The Morgan fingerprint density at radius 1 is 1.13 bits per heavy atom. The number of aliphatic hydroxyl groups is 1. The van der Waals surface area contributed by atoms with Gasteiger partial charge < -0.3 is 20.1 Å². The van der Waals surface area contributed by atoms with Gasteiger partial charge >= 0.3 is 6.03 Å². The number of ether oxygens (including phenoxy) is 1. The number of carbonyl (C=O) groups excluding carboxylic acids is 1. The molecule has 5 heteroatoms. The van der Waals surface area contributed by atoms with Crippen molar-refractivity contribution in [3.8, 4) is 0 Å². The molecule has 134 valence electrons. The second-order valence-electron chi connectivity index (χ2n) is 7.21. The number of nitrogens with zero attached hydrogens (tertiary/aromatic N) is 1. The largest absolute Gasteiger partial charge is 0.393 e. The highest BCUT2D eigenvalue weighted by Crippen LogP contribution is 2.24. The van der Waals surface area contributed by atoms with E-state index in [-0.39, 0.29) is 18.1 Å². The molecular formula is C18H34N2O3. The van der Waals surface area contributed by atoms with Gasteiger partial charge in [-0.3, -0.25) is 0 Å². The fourth-order valence-electron chi connectivity index (χ4n) is 3.72. The minimum atomic E-state index is -0.247. The highest BCUT2D eigenvalue weighted by atomic mass is 16.5. The lowest BCUT2D eigenvalue weighted by Gasteiger charge is -2.31. The molecule has 0 aromatic carbocycles. The van der Waals surface area contributed by atoms with Crippen LogP contribution in [0.25, 0.3) is 0 Å². The van der Waals surface area contributed by atoms with Gasteiger partial charge in [0.2, 0.25) is 0 Å². The molecule has 2 aliphatic carbocycles. The van der Waals surface area contributed by atoms with Crippen LogP contribution in [0, 0.1) is 5.92 Å². The predicted molar refractivity (Wildman–Crippen MR) is 91.4 cm³/mol. The predicted octanol–water partition coefficient (Wildman–Crippen LogP) is 2.92. The van der Waals surface area contributed by atoms with E-state index in [1.54, 1.807) is 4.90 Å². The molecule has 0 spiro atoms. The van der Waals surface area contributed by atoms with E-state index in [1.807, 2.05) is 7.05 Å². The summed E-state index contributed by atoms with van der Waals surface area (Å²) in [7, 11) is 1.81. The number of hydrogen-bond donors (Lipinski definition) is 2. The van der Waals surface area contributed by atoms with Crippen molar-refractivity contribution in [1.29, 1.82) is 0 Å². The number of nitrogens with one attached hydrogen (secondary N) is 1. The summed E-state index contributed by atoms with van der Waals surface area (Å²) in [6.07, 6.45) is 11.5. The maximum absolute atomic E-state index is 12.1. The average molecular weight is 326 g/mol. The zero-order valence-electron chi connectivity index (χ0n) is 14.6. The van der Waals surface area contributed by atoms with Crippen LogP contribution in [0.4, 0.5) is 4.79 Å². The standard InChI is InChI=1S/C18H34N2O3/c1-20(14-15-8-5-6-11-17(15)21)18(22)19-12-7-13-23-16-9-3-2-4-10-16/h15-17,21H,2-14H2,1H3,(H,19,22). The lowest BCUT2D eigenvalue weighted by atomic mass is 9.86. The third-order valence-electron chi connectivity index (χ3n) is 5.23. The Hall–Kier alpha value is -0.810. The first kappa shape index (κ1) is 18.5. The summed E-state index contributed by atoms with van der Waals surface area (Å²) in [6, 6.07) is -0.0413. The molecule has 0 aromatic rings. The molecular weight excluding hydrogens is 292 g/mol. The Morgan fingerprint density at radius 2 is 1.83 bits per heavy atom. The van der Waals surface area contributed by atoms with Crippen molar-refractivity contribution in [3.05, 3.63) is 0 Å². The Kier molecular flexibility index (Phi) is 8.17. The monoisotopic (exact) mass is 326 g/mol. The van der Waals surface area contributed by atoms with E-state index in [9.17, 15) is 9.90 Å². The van der Waals surface area contributed by atoms with E-state index >= 15 is 0 Å². The molecule has 2 rings (SSSR count). The van der Waals surface area contributed by atoms with Gasteiger partial charge in [-0.15, -0.1) is 0 Å². The number of aliphatic hydroxyl groups excluding tert-OH is 1. The number of rotatable bonds is 7. The van der Waals surface area contributed by atoms with Crippen LogP contribution in [-0.2, 0) is 4.74 Å². The van der Waals surface area contributed by atoms with Crippen LogP contribution in [0.2, 0.25) is 0 Å². The van der Waals surface area contributed by atoms with E-state index < -0.39 is 0 Å². The Bertz CT molecular complexity index is 345. The molecule has 2 amide bonds. The van der Waals surface area contributed by atoms with E-state index in [2.05, 4.69) is 5.32 Å². The SMILES string of the molecule is CN(CC1CCCCC1O)C(=O)NCCCOC1CCCCC1. The lowest BCUT2D eigenvalue weighted by Crippen LogP contribution is -2.43. The topological polar surface area (TPSA) is 61.8 Å². The van der Waals surface area contributed by atoms with Crippen molar-refractivity contribution >= 4 is 6.03 Å². The Labute approximate surface area is 140 Å². The van der Waals surface area contributed by atoms with E-state index in [0.29, 0.717) is 19.2 Å². The summed E-state index contributed by atoms with van der Waals surface area (Å²) in [5.74, 6) is 0.231. The van der Waals surface area contributed by atoms with Crippen molar-refractivity contribution in [2.24, 2.45) is 5.92 Å². The zero-order valence-corrected chi connectivity index (χ0v) is 14.6. The third kappa shape index (κ3) is 6.68. The number of amides is 2. The highest BCUT2D eigenvalue weighted by molar-refractivity contribution is 5.73. The van der Waals surface area contributed by atoms with Crippen LogP contribution in [0.5, 0.6) is 0 Å². The second-order valence-corrected chi connectivity index (χ2v) is 7.21. The van der Waals surface area contributed by atoms with Gasteiger partial charge in [-0.2, -0.15) is 0 Å². The molecule has 0 aliphatic heterocycles. The highest BCUT2D eigenvalue weighted by Gasteiger charge is 2.25. The van der Waals surface area contributed by atoms with Crippen molar-refractivity contribution < 1.29 is 14.6 Å². The van der Waals surface area contributed by atoms with Crippen LogP contribution in [-0.4, -0.2) is 55.0 Å². The molecule has 2 unspecified atom stereocenters. The number of carbonyl (C=O) groups is 1. The van der Waals surface area contributed by atoms with E-state index in [0.717, 1.165) is 38.7 Å². The molecule has 23 heavy (non-hydrogen) atoms. The summed E-state index contributed by atoms with van der Waals surface area (Å²) in [5.41, 5.74) is 0. The molecule has 0 saturated heterocycles. The molecule has 0 heterocycles. The smallest absolute Gasteiger partial charge is 0.317 e. The van der Waals surface area contributed by atoms with Gasteiger partial charge in [0.15, 0.2) is 0 Å². The maximum atomic E-state index is 12.1. The van der Waals surface area contributed by atoms with Gasteiger partial charge in [0, 0.05) is 32.7 Å². The van der Waals surface area contributed by atoms with Crippen LogP contribution in [0.1, 0.15) is 64.2 Å². The molecule has 2 atom stereocenters. The lowest BCUT2D eigenvalue weighted by molar-refractivity contribution is 0.0274. The summed E-state index contributed by atoms with van der Waals surface area (Å²) < 4.78 is 5.86. The van der Waals surface area contributed by atoms with Gasteiger partial charge in [0.1, 0.15) is 0 Å². The van der Waals surface area contributed by atoms with Gasteiger partial charge in [-0.25, -0.2) is 4.79 Å². The first-order valence-electron chi connectivity index (χ1n) is 9.45. The summed E-state index contributed by atoms with van der Waals surface area (Å²) in [6.45, 7) is 2.03. The fraction of sp³-hybridized carbons (Fsp3) is 0.944. The van der Waals surface area contributed by atoms with Crippen LogP contribution in [0.3, 0.4) is 0 Å². The molecule has 2 saturated carbocycles. The normalized spacial score (nSPS) is 26.0. The van der Waals surface area contributed by atoms with Crippen LogP contribution >= 0.6 is 0 Å². The van der Waals surface area contributed by atoms with Gasteiger partial charge in [0.05, 0.1) is 12.2 Å². The minimum absolute atomic E-state index is 0.0413. The Morgan fingerprint density at radius 3 is 2.57 bits per heavy atom. The summed E-state index contributed by atoms with van der Waals surface area (Å²) in [5, 5.41) is 12.9.